The summed E-state index contributed by atoms with van der Waals surface area (Å²) in [6, 6.07) is 14.6. The molecule has 1 nitrogen and oxygen atoms in total. The van der Waals surface area contributed by atoms with Gasteiger partial charge in [-0.25, -0.2) is 0 Å². The number of rotatable bonds is 3. The Hall–Kier alpha value is -1.85. The van der Waals surface area contributed by atoms with Crippen LogP contribution < -0.4 is 0 Å². The lowest BCUT2D eigenvalue weighted by atomic mass is 10.0. The highest BCUT2D eigenvalue weighted by Crippen LogP contribution is 2.23. The van der Waals surface area contributed by atoms with Crippen LogP contribution in [0.1, 0.15) is 27.8 Å². The molecule has 0 spiro atoms. The van der Waals surface area contributed by atoms with E-state index in [1.54, 1.807) is 11.3 Å². The van der Waals surface area contributed by atoms with Gasteiger partial charge in [-0.15, -0.1) is 11.3 Å². The third kappa shape index (κ3) is 2.88. The summed E-state index contributed by atoms with van der Waals surface area (Å²) >= 11 is 1.75. The summed E-state index contributed by atoms with van der Waals surface area (Å²) in [7, 11) is 0. The standard InChI is InChI=1S/C16H15NS/c1-3-15-8-9-16(18-15)10-14(11-17)13-6-4-12(2)5-7-13/h4-10H,3H2,1-2H3/b14-10+. The zero-order valence-electron chi connectivity index (χ0n) is 10.6. The number of hydrogen-bond acceptors (Lipinski definition) is 2. The Morgan fingerprint density at radius 1 is 1.22 bits per heavy atom. The summed E-state index contributed by atoms with van der Waals surface area (Å²) in [6.45, 7) is 4.19. The molecule has 1 aromatic carbocycles. The Morgan fingerprint density at radius 3 is 2.50 bits per heavy atom. The van der Waals surface area contributed by atoms with Gasteiger partial charge in [0.25, 0.3) is 0 Å². The van der Waals surface area contributed by atoms with E-state index in [1.165, 1.54) is 10.4 Å². The van der Waals surface area contributed by atoms with Crippen LogP contribution in [0.3, 0.4) is 0 Å². The van der Waals surface area contributed by atoms with Crippen molar-refractivity contribution in [1.29, 1.82) is 5.26 Å². The highest BCUT2D eigenvalue weighted by molar-refractivity contribution is 7.12. The summed E-state index contributed by atoms with van der Waals surface area (Å²) < 4.78 is 0. The average molecular weight is 253 g/mol. The second-order valence-electron chi connectivity index (χ2n) is 4.19. The molecule has 18 heavy (non-hydrogen) atoms. The van der Waals surface area contributed by atoms with Crippen molar-refractivity contribution in [2.75, 3.05) is 0 Å². The van der Waals surface area contributed by atoms with Crippen molar-refractivity contribution in [3.05, 3.63) is 57.3 Å². The summed E-state index contributed by atoms with van der Waals surface area (Å²) in [5, 5.41) is 9.26. The highest BCUT2D eigenvalue weighted by atomic mass is 32.1. The van der Waals surface area contributed by atoms with Gasteiger partial charge in [-0.3, -0.25) is 0 Å². The van der Waals surface area contributed by atoms with Crippen LogP contribution in [0.2, 0.25) is 0 Å². The first kappa shape index (κ1) is 12.6. The van der Waals surface area contributed by atoms with Gasteiger partial charge in [0, 0.05) is 9.75 Å². The molecule has 0 aliphatic rings. The van der Waals surface area contributed by atoms with Crippen molar-refractivity contribution in [2.45, 2.75) is 20.3 Å². The van der Waals surface area contributed by atoms with E-state index in [2.05, 4.69) is 25.1 Å². The molecule has 2 rings (SSSR count). The second kappa shape index (κ2) is 5.66. The third-order valence-electron chi connectivity index (χ3n) is 2.80. The molecular formula is C16H15NS. The van der Waals surface area contributed by atoms with Gasteiger partial charge in [0.1, 0.15) is 0 Å². The van der Waals surface area contributed by atoms with Crippen molar-refractivity contribution in [1.82, 2.24) is 0 Å². The first-order chi connectivity index (χ1) is 8.72. The van der Waals surface area contributed by atoms with Gasteiger partial charge in [-0.1, -0.05) is 36.8 Å². The molecule has 0 fully saturated rings. The van der Waals surface area contributed by atoms with E-state index in [0.29, 0.717) is 0 Å². The lowest BCUT2D eigenvalue weighted by Crippen LogP contribution is -1.81. The first-order valence-corrected chi connectivity index (χ1v) is 6.82. The zero-order chi connectivity index (χ0) is 13.0. The molecule has 0 N–H and O–H groups in total. The fourth-order valence-electron chi connectivity index (χ4n) is 1.72. The number of benzene rings is 1. The Morgan fingerprint density at radius 2 is 1.94 bits per heavy atom. The molecule has 1 aromatic heterocycles. The molecule has 0 atom stereocenters. The third-order valence-corrected chi connectivity index (χ3v) is 3.98. The van der Waals surface area contributed by atoms with Crippen LogP contribution in [0, 0.1) is 18.3 Å². The Bertz CT molecular complexity index is 597. The second-order valence-corrected chi connectivity index (χ2v) is 5.39. The van der Waals surface area contributed by atoms with Gasteiger partial charge >= 0.3 is 0 Å². The number of nitriles is 1. The van der Waals surface area contributed by atoms with Gasteiger partial charge in [0.2, 0.25) is 0 Å². The summed E-state index contributed by atoms with van der Waals surface area (Å²) in [5.41, 5.74) is 2.91. The van der Waals surface area contributed by atoms with Crippen LogP contribution in [0.4, 0.5) is 0 Å². The maximum Gasteiger partial charge on any atom is 0.0998 e. The molecule has 2 heteroatoms. The van der Waals surface area contributed by atoms with E-state index in [0.717, 1.165) is 22.4 Å². The van der Waals surface area contributed by atoms with Crippen LogP contribution in [0.15, 0.2) is 36.4 Å². The van der Waals surface area contributed by atoms with Crippen LogP contribution >= 0.6 is 11.3 Å². The van der Waals surface area contributed by atoms with E-state index in [1.807, 2.05) is 37.3 Å². The molecule has 1 heterocycles. The van der Waals surface area contributed by atoms with Gasteiger partial charge < -0.3 is 0 Å². The van der Waals surface area contributed by atoms with Crippen LogP contribution in [-0.4, -0.2) is 0 Å². The van der Waals surface area contributed by atoms with Crippen molar-refractivity contribution < 1.29 is 0 Å². The smallest absolute Gasteiger partial charge is 0.0998 e. The minimum Gasteiger partial charge on any atom is -0.192 e. The number of hydrogen-bond donors (Lipinski definition) is 0. The molecule has 0 aliphatic heterocycles. The monoisotopic (exact) mass is 253 g/mol. The molecule has 0 unspecified atom stereocenters. The highest BCUT2D eigenvalue weighted by Gasteiger charge is 2.02. The molecule has 0 saturated carbocycles. The van der Waals surface area contributed by atoms with Crippen molar-refractivity contribution in [3.63, 3.8) is 0 Å². The van der Waals surface area contributed by atoms with Crippen LogP contribution in [0.25, 0.3) is 11.6 Å². The maximum absolute atomic E-state index is 9.26. The fraction of sp³-hybridized carbons (Fsp3) is 0.188. The van der Waals surface area contributed by atoms with Crippen molar-refractivity contribution in [3.8, 4) is 6.07 Å². The minimum atomic E-state index is 0.722. The lowest BCUT2D eigenvalue weighted by molar-refractivity contribution is 1.19. The predicted molar refractivity (Wildman–Crippen MR) is 78.4 cm³/mol. The molecule has 2 aromatic rings. The average Bonchev–Trinajstić information content (AvgIpc) is 2.85. The molecule has 0 radical (unpaired) electrons. The minimum absolute atomic E-state index is 0.722. The van der Waals surface area contributed by atoms with Crippen LogP contribution in [-0.2, 0) is 6.42 Å². The predicted octanol–water partition coefficient (Wildman–Crippen LogP) is 4.68. The Balaban J connectivity index is 2.33. The molecule has 0 amide bonds. The fourth-order valence-corrected chi connectivity index (χ4v) is 2.61. The van der Waals surface area contributed by atoms with E-state index >= 15 is 0 Å². The maximum atomic E-state index is 9.26. The zero-order valence-corrected chi connectivity index (χ0v) is 11.4. The number of nitrogens with zero attached hydrogens (tertiary/aromatic N) is 1. The normalized spacial score (nSPS) is 11.3. The number of allylic oxidation sites excluding steroid dienone is 1. The number of thiophene rings is 1. The lowest BCUT2D eigenvalue weighted by Gasteiger charge is -1.99. The van der Waals surface area contributed by atoms with Crippen molar-refractivity contribution in [2.24, 2.45) is 0 Å². The first-order valence-electron chi connectivity index (χ1n) is 6.00. The van der Waals surface area contributed by atoms with Gasteiger partial charge in [-0.2, -0.15) is 5.26 Å². The van der Waals surface area contributed by atoms with E-state index < -0.39 is 0 Å². The Kier molecular flexibility index (Phi) is 3.96. The summed E-state index contributed by atoms with van der Waals surface area (Å²) in [6.07, 6.45) is 3.01. The summed E-state index contributed by atoms with van der Waals surface area (Å²) in [5.74, 6) is 0. The largest absolute Gasteiger partial charge is 0.192 e. The Labute approximate surface area is 112 Å². The quantitative estimate of drug-likeness (QED) is 0.728. The van der Waals surface area contributed by atoms with Gasteiger partial charge in [-0.05, 0) is 37.1 Å². The molecule has 0 bridgehead atoms. The van der Waals surface area contributed by atoms with Gasteiger partial charge in [0.15, 0.2) is 0 Å². The van der Waals surface area contributed by atoms with Gasteiger partial charge in [0.05, 0.1) is 11.6 Å². The summed E-state index contributed by atoms with van der Waals surface area (Å²) in [4.78, 5) is 2.49. The van der Waals surface area contributed by atoms with E-state index in [4.69, 9.17) is 0 Å². The molecule has 0 saturated heterocycles. The molecule has 90 valence electrons. The number of aryl methyl sites for hydroxylation is 2. The van der Waals surface area contributed by atoms with E-state index in [9.17, 15) is 5.26 Å². The molecule has 0 aliphatic carbocycles. The van der Waals surface area contributed by atoms with Crippen LogP contribution in [0.5, 0.6) is 0 Å². The SMILES string of the molecule is CCc1ccc(/C=C(\C#N)c2ccc(C)cc2)s1. The topological polar surface area (TPSA) is 23.8 Å². The molecular weight excluding hydrogens is 238 g/mol. The van der Waals surface area contributed by atoms with Crippen molar-refractivity contribution >= 4 is 23.0 Å². The van der Waals surface area contributed by atoms with E-state index in [-0.39, 0.29) is 0 Å².